The highest BCUT2D eigenvalue weighted by molar-refractivity contribution is 5.91. The minimum Gasteiger partial charge on any atom is -0.324 e. The average molecular weight is 607 g/mol. The van der Waals surface area contributed by atoms with Crippen LogP contribution in [0.2, 0.25) is 0 Å². The van der Waals surface area contributed by atoms with E-state index in [1.54, 1.807) is 6.20 Å². The molecule has 9 nitrogen and oxygen atoms in total. The molecule has 1 unspecified atom stereocenters. The van der Waals surface area contributed by atoms with E-state index < -0.39 is 0 Å². The molecule has 2 amide bonds. The lowest BCUT2D eigenvalue weighted by Crippen LogP contribution is -2.38. The minimum absolute atomic E-state index is 0.110. The summed E-state index contributed by atoms with van der Waals surface area (Å²) in [6.45, 7) is 3.34. The van der Waals surface area contributed by atoms with Crippen LogP contribution in [0.4, 0.5) is 22.1 Å². The number of hydrogen-bond acceptors (Lipinski definition) is 6. The molecular weight excluding hydrogens is 572 g/mol. The molecule has 9 heteroatoms. The smallest absolute Gasteiger partial charge is 0.322 e. The molecule has 6 aromatic rings. The number of imidazole rings is 1. The van der Waals surface area contributed by atoms with Crippen LogP contribution in [-0.2, 0) is 13.0 Å². The lowest BCUT2D eigenvalue weighted by Gasteiger charge is -2.29. The molecule has 228 valence electrons. The van der Waals surface area contributed by atoms with E-state index in [2.05, 4.69) is 57.3 Å². The Labute approximate surface area is 267 Å². The van der Waals surface area contributed by atoms with E-state index in [9.17, 15) is 4.79 Å². The summed E-state index contributed by atoms with van der Waals surface area (Å²) in [6, 6.07) is 32.4. The molecular formula is C37H34N8O. The third-order valence-corrected chi connectivity index (χ3v) is 8.91. The van der Waals surface area contributed by atoms with Gasteiger partial charge in [-0.3, -0.25) is 4.40 Å². The first-order chi connectivity index (χ1) is 22.7. The zero-order chi connectivity index (χ0) is 30.9. The maximum Gasteiger partial charge on any atom is 0.322 e. The largest absolute Gasteiger partial charge is 0.324 e. The lowest BCUT2D eigenvalue weighted by molar-refractivity contribution is 0.206. The normalized spacial score (nSPS) is 15.9. The first-order valence-electron chi connectivity index (χ1n) is 15.8. The Balaban J connectivity index is 1.09. The first-order valence-corrected chi connectivity index (χ1v) is 15.8. The van der Waals surface area contributed by atoms with Crippen LogP contribution in [0.15, 0.2) is 109 Å². The molecule has 0 bridgehead atoms. The standard InChI is InChI=1S/C37H34N8O/c46-37(44-20-16-25-7-1-2-8-29(25)24-44)41-31-12-6-10-27(22-31)34-35(45-19-4-3-13-33(45)43-34)32-15-18-39-36(42-32)40-30-11-5-9-26(21-30)28-14-17-38-23-28/h1-13,15,18-19,21-22,28,38H,14,16-17,20,23-24H2,(H,41,46)(H,39,40,42). The quantitative estimate of drug-likeness (QED) is 0.191. The number of carbonyl (C=O) groups excluding carboxylic acids is 1. The zero-order valence-corrected chi connectivity index (χ0v) is 25.4. The number of fused-ring (bicyclic) bond motifs is 2. The number of nitrogens with zero attached hydrogens (tertiary/aromatic N) is 5. The van der Waals surface area contributed by atoms with Crippen molar-refractivity contribution in [1.29, 1.82) is 0 Å². The van der Waals surface area contributed by atoms with Crippen molar-refractivity contribution in [3.63, 3.8) is 0 Å². The number of hydrogen-bond donors (Lipinski definition) is 3. The van der Waals surface area contributed by atoms with E-state index in [-0.39, 0.29) is 6.03 Å². The van der Waals surface area contributed by atoms with Crippen molar-refractivity contribution in [2.24, 2.45) is 0 Å². The second-order valence-electron chi connectivity index (χ2n) is 11.9. The molecule has 2 aliphatic heterocycles. The molecule has 3 aromatic carbocycles. The number of aromatic nitrogens is 4. The molecule has 0 spiro atoms. The molecule has 1 fully saturated rings. The van der Waals surface area contributed by atoms with Crippen molar-refractivity contribution < 1.29 is 4.79 Å². The molecule has 46 heavy (non-hydrogen) atoms. The third-order valence-electron chi connectivity index (χ3n) is 8.91. The molecule has 3 aromatic heterocycles. The van der Waals surface area contributed by atoms with E-state index in [0.29, 0.717) is 30.6 Å². The Morgan fingerprint density at radius 1 is 0.870 bits per heavy atom. The number of carbonyl (C=O) groups is 1. The molecule has 8 rings (SSSR count). The molecule has 1 atom stereocenters. The monoisotopic (exact) mass is 606 g/mol. The fraction of sp³-hybridized carbons (Fsp3) is 0.189. The van der Waals surface area contributed by atoms with Gasteiger partial charge in [-0.05, 0) is 84.5 Å². The summed E-state index contributed by atoms with van der Waals surface area (Å²) < 4.78 is 2.05. The van der Waals surface area contributed by atoms with Crippen LogP contribution in [0.25, 0.3) is 28.3 Å². The highest BCUT2D eigenvalue weighted by Crippen LogP contribution is 2.34. The summed E-state index contributed by atoms with van der Waals surface area (Å²) in [5.41, 5.74) is 9.54. The van der Waals surface area contributed by atoms with Gasteiger partial charge in [0.25, 0.3) is 0 Å². The van der Waals surface area contributed by atoms with Gasteiger partial charge >= 0.3 is 6.03 Å². The van der Waals surface area contributed by atoms with Crippen molar-refractivity contribution in [3.05, 3.63) is 126 Å². The van der Waals surface area contributed by atoms with Crippen LogP contribution in [0.1, 0.15) is 29.0 Å². The van der Waals surface area contributed by atoms with Gasteiger partial charge in [0.1, 0.15) is 5.65 Å². The van der Waals surface area contributed by atoms with Crippen molar-refractivity contribution in [2.45, 2.75) is 25.3 Å². The third kappa shape index (κ3) is 5.57. The summed E-state index contributed by atoms with van der Waals surface area (Å²) in [5, 5.41) is 9.99. The van der Waals surface area contributed by atoms with Gasteiger partial charge in [0.05, 0.1) is 17.1 Å². The Morgan fingerprint density at radius 2 is 1.74 bits per heavy atom. The molecule has 1 saturated heterocycles. The Hall–Kier alpha value is -5.54. The first kappa shape index (κ1) is 28.0. The van der Waals surface area contributed by atoms with E-state index in [0.717, 1.165) is 59.9 Å². The van der Waals surface area contributed by atoms with E-state index in [1.165, 1.54) is 16.7 Å². The molecule has 5 heterocycles. The average Bonchev–Trinajstić information content (AvgIpc) is 3.78. The van der Waals surface area contributed by atoms with Crippen LogP contribution >= 0.6 is 0 Å². The van der Waals surface area contributed by atoms with Gasteiger partial charge in [-0.15, -0.1) is 0 Å². The highest BCUT2D eigenvalue weighted by atomic mass is 16.2. The minimum atomic E-state index is -0.110. The van der Waals surface area contributed by atoms with E-state index >= 15 is 0 Å². The van der Waals surface area contributed by atoms with Crippen molar-refractivity contribution >= 4 is 29.0 Å². The van der Waals surface area contributed by atoms with Crippen molar-refractivity contribution in [3.8, 4) is 22.6 Å². The summed E-state index contributed by atoms with van der Waals surface area (Å²) in [4.78, 5) is 29.7. The predicted molar refractivity (Wildman–Crippen MR) is 181 cm³/mol. The lowest BCUT2D eigenvalue weighted by atomic mass is 9.98. The van der Waals surface area contributed by atoms with Gasteiger partial charge < -0.3 is 20.9 Å². The van der Waals surface area contributed by atoms with E-state index in [1.807, 2.05) is 76.2 Å². The molecule has 0 radical (unpaired) electrons. The molecule has 2 aliphatic rings. The number of anilines is 3. The fourth-order valence-corrected chi connectivity index (χ4v) is 6.55. The van der Waals surface area contributed by atoms with Gasteiger partial charge in [-0.1, -0.05) is 54.6 Å². The van der Waals surface area contributed by atoms with Crippen LogP contribution in [0.3, 0.4) is 0 Å². The Kier molecular flexibility index (Phi) is 7.36. The van der Waals surface area contributed by atoms with Crippen LogP contribution in [0, 0.1) is 0 Å². The fourth-order valence-electron chi connectivity index (χ4n) is 6.55. The van der Waals surface area contributed by atoms with E-state index in [4.69, 9.17) is 9.97 Å². The summed E-state index contributed by atoms with van der Waals surface area (Å²) in [6.07, 6.45) is 5.77. The van der Waals surface area contributed by atoms with Gasteiger partial charge in [0.2, 0.25) is 5.95 Å². The highest BCUT2D eigenvalue weighted by Gasteiger charge is 2.22. The SMILES string of the molecule is O=C(Nc1cccc(-c2nc3ccccn3c2-c2ccnc(Nc3cccc(C4CCNC4)c3)n2)c1)N1CCc2ccccc2C1. The molecule has 3 N–H and O–H groups in total. The van der Waals surface area contributed by atoms with Crippen molar-refractivity contribution in [2.75, 3.05) is 30.3 Å². The number of benzene rings is 3. The van der Waals surface area contributed by atoms with Crippen LogP contribution in [-0.4, -0.2) is 49.9 Å². The number of urea groups is 1. The second kappa shape index (κ2) is 12.1. The molecule has 0 saturated carbocycles. The Morgan fingerprint density at radius 3 is 2.65 bits per heavy atom. The van der Waals surface area contributed by atoms with Gasteiger partial charge in [0.15, 0.2) is 0 Å². The number of nitrogens with one attached hydrogen (secondary N) is 3. The van der Waals surface area contributed by atoms with Gasteiger partial charge in [-0.2, -0.15) is 0 Å². The van der Waals surface area contributed by atoms with Crippen molar-refractivity contribution in [1.82, 2.24) is 29.6 Å². The maximum atomic E-state index is 13.3. The van der Waals surface area contributed by atoms with Crippen LogP contribution < -0.4 is 16.0 Å². The van der Waals surface area contributed by atoms with Crippen LogP contribution in [0.5, 0.6) is 0 Å². The van der Waals surface area contributed by atoms with Gasteiger partial charge in [-0.25, -0.2) is 19.7 Å². The number of amides is 2. The summed E-state index contributed by atoms with van der Waals surface area (Å²) in [7, 11) is 0. The topological polar surface area (TPSA) is 99.5 Å². The maximum absolute atomic E-state index is 13.3. The zero-order valence-electron chi connectivity index (χ0n) is 25.4. The Bertz CT molecular complexity index is 2050. The number of pyridine rings is 1. The number of rotatable bonds is 6. The summed E-state index contributed by atoms with van der Waals surface area (Å²) >= 11 is 0. The summed E-state index contributed by atoms with van der Waals surface area (Å²) in [5.74, 6) is 1.03. The molecule has 0 aliphatic carbocycles. The second-order valence-corrected chi connectivity index (χ2v) is 11.9. The predicted octanol–water partition coefficient (Wildman–Crippen LogP) is 6.87. The van der Waals surface area contributed by atoms with Gasteiger partial charge in [0, 0.05) is 49.0 Å².